The number of halogens is 8. The summed E-state index contributed by atoms with van der Waals surface area (Å²) in [4.78, 5) is 37.0. The molecule has 69 heavy (non-hydrogen) atoms. The number of nitrogens with one attached hydrogen (secondary N) is 2. The molecule has 1 aromatic heterocycles. The zero-order chi connectivity index (χ0) is 50.1. The van der Waals surface area contributed by atoms with Crippen molar-refractivity contribution >= 4 is 25.6 Å². The standard InChI is InChI=1S/C48H44F8N5O7P/c1-5-30-13-10-14-31(6-2)41(30)61-42(36-25-60(46(3,4)43(36)59-61)24-32-17-18-33(47(51,52)53)21-37(32)48(54,55)56)35-22-39(50)40(23-38(35)49)57-44(62)58-45(63)66-26-29-15-19-34(20-16-29)68-69(64,65)67-27-28-11-8-7-9-12-28/h7-23H,5-6,24-27H2,1-4H3,(H,64,65)(H2,57,58,62,63). The number of carbonyl (C=O) groups is 2. The van der Waals surface area contributed by atoms with Gasteiger partial charge in [0.05, 0.1) is 46.0 Å². The van der Waals surface area contributed by atoms with Gasteiger partial charge in [0, 0.05) is 30.3 Å². The van der Waals surface area contributed by atoms with E-state index in [1.165, 1.54) is 28.9 Å². The van der Waals surface area contributed by atoms with Crippen LogP contribution < -0.4 is 15.2 Å². The fourth-order valence-electron chi connectivity index (χ4n) is 7.96. The molecule has 5 aromatic carbocycles. The summed E-state index contributed by atoms with van der Waals surface area (Å²) in [6.07, 6.45) is -10.4. The van der Waals surface area contributed by atoms with Crippen LogP contribution in [0, 0.1) is 11.6 Å². The number of alkyl carbamates (subject to hydrolysis) is 1. The van der Waals surface area contributed by atoms with Crippen molar-refractivity contribution in [3.8, 4) is 22.7 Å². The van der Waals surface area contributed by atoms with E-state index in [9.17, 15) is 45.4 Å². The van der Waals surface area contributed by atoms with Crippen molar-refractivity contribution in [1.29, 1.82) is 0 Å². The van der Waals surface area contributed by atoms with Gasteiger partial charge in [-0.15, -0.1) is 0 Å². The Morgan fingerprint density at radius 3 is 2.07 bits per heavy atom. The predicted molar refractivity (Wildman–Crippen MR) is 237 cm³/mol. The van der Waals surface area contributed by atoms with Gasteiger partial charge in [-0.1, -0.05) is 80.6 Å². The number of hydrogen-bond acceptors (Lipinski definition) is 8. The minimum absolute atomic E-state index is 0.0301. The Morgan fingerprint density at radius 1 is 0.797 bits per heavy atom. The first kappa shape index (κ1) is 50.3. The van der Waals surface area contributed by atoms with Gasteiger partial charge in [-0.3, -0.25) is 14.3 Å². The summed E-state index contributed by atoms with van der Waals surface area (Å²) >= 11 is 0. The molecule has 3 N–H and O–H groups in total. The van der Waals surface area contributed by atoms with Crippen LogP contribution in [0.1, 0.15) is 77.9 Å². The topological polar surface area (TPSA) is 144 Å². The molecule has 2 heterocycles. The second-order valence-corrected chi connectivity index (χ2v) is 17.8. The van der Waals surface area contributed by atoms with E-state index in [2.05, 4.69) is 5.32 Å². The Balaban J connectivity index is 1.09. The molecule has 0 aliphatic carbocycles. The summed E-state index contributed by atoms with van der Waals surface area (Å²) in [5, 5.41) is 8.84. The van der Waals surface area contributed by atoms with Crippen LogP contribution in [0.15, 0.2) is 103 Å². The van der Waals surface area contributed by atoms with E-state index in [4.69, 9.17) is 18.9 Å². The van der Waals surface area contributed by atoms with E-state index < -0.39 is 78.4 Å². The van der Waals surface area contributed by atoms with Crippen LogP contribution >= 0.6 is 7.82 Å². The highest BCUT2D eigenvalue weighted by molar-refractivity contribution is 7.47. The molecule has 1 aliphatic heterocycles. The molecule has 3 amide bonds. The van der Waals surface area contributed by atoms with Crippen molar-refractivity contribution in [1.82, 2.24) is 20.0 Å². The SMILES string of the molecule is CCc1cccc(CC)c1-n1nc2c(c1-c1cc(F)c(NC(=O)NC(=O)OCc3ccc(OP(=O)(O)OCc4ccccc4)cc3)cc1F)CN(Cc1ccc(C(F)(F)F)cc1C(F)(F)F)C2(C)C. The van der Waals surface area contributed by atoms with E-state index in [0.29, 0.717) is 53.0 Å². The number of phosphoric ester groups is 1. The molecule has 0 bridgehead atoms. The maximum Gasteiger partial charge on any atom is 0.527 e. The number of fused-ring (bicyclic) bond motifs is 1. The minimum Gasteiger partial charge on any atom is -0.444 e. The van der Waals surface area contributed by atoms with E-state index in [1.54, 1.807) is 49.1 Å². The van der Waals surface area contributed by atoms with Gasteiger partial charge < -0.3 is 14.6 Å². The van der Waals surface area contributed by atoms with Gasteiger partial charge in [-0.05, 0) is 84.8 Å². The fraction of sp³-hybridized carbons (Fsp3) is 0.271. The van der Waals surface area contributed by atoms with Crippen molar-refractivity contribution in [2.75, 3.05) is 5.32 Å². The molecular formula is C48H44F8N5O7P. The van der Waals surface area contributed by atoms with Gasteiger partial charge >= 0.3 is 32.3 Å². The molecule has 21 heteroatoms. The molecule has 7 rings (SSSR count). The molecule has 1 unspecified atom stereocenters. The summed E-state index contributed by atoms with van der Waals surface area (Å²) < 4.78 is 145. The number of para-hydroxylation sites is 1. The number of carbonyl (C=O) groups excluding carboxylic acids is 2. The maximum atomic E-state index is 16.6. The lowest BCUT2D eigenvalue weighted by Gasteiger charge is -2.33. The van der Waals surface area contributed by atoms with Crippen molar-refractivity contribution in [2.45, 2.75) is 84.7 Å². The minimum atomic E-state index is -5.13. The second-order valence-electron chi connectivity index (χ2n) is 16.4. The summed E-state index contributed by atoms with van der Waals surface area (Å²) in [7, 11) is -4.50. The monoisotopic (exact) mass is 985 g/mol. The number of benzene rings is 5. The molecule has 12 nitrogen and oxygen atoms in total. The number of urea groups is 1. The van der Waals surface area contributed by atoms with Crippen LogP contribution in [-0.2, 0) is 70.9 Å². The first-order valence-corrected chi connectivity index (χ1v) is 22.8. The van der Waals surface area contributed by atoms with Gasteiger partial charge in [-0.25, -0.2) is 32.9 Å². The van der Waals surface area contributed by atoms with Crippen molar-refractivity contribution in [3.63, 3.8) is 0 Å². The van der Waals surface area contributed by atoms with Crippen molar-refractivity contribution in [3.05, 3.63) is 165 Å². The Hall–Kier alpha value is -6.60. The van der Waals surface area contributed by atoms with Gasteiger partial charge in [0.15, 0.2) is 0 Å². The van der Waals surface area contributed by atoms with Gasteiger partial charge in [0.1, 0.15) is 24.0 Å². The van der Waals surface area contributed by atoms with Crippen molar-refractivity contribution < 1.29 is 68.0 Å². The Morgan fingerprint density at radius 2 is 1.45 bits per heavy atom. The lowest BCUT2D eigenvalue weighted by Crippen LogP contribution is -2.36. The zero-order valence-electron chi connectivity index (χ0n) is 37.3. The molecule has 1 aliphatic rings. The largest absolute Gasteiger partial charge is 0.527 e. The number of alkyl halides is 6. The smallest absolute Gasteiger partial charge is 0.444 e. The predicted octanol–water partition coefficient (Wildman–Crippen LogP) is 12.4. The fourth-order valence-corrected chi connectivity index (χ4v) is 8.71. The number of anilines is 1. The van der Waals surface area contributed by atoms with Crippen LogP contribution in [0.25, 0.3) is 16.9 Å². The summed E-state index contributed by atoms with van der Waals surface area (Å²) in [5.74, 6) is -2.24. The average Bonchev–Trinajstić information content (AvgIpc) is 3.78. The van der Waals surface area contributed by atoms with Crippen LogP contribution in [-0.4, -0.2) is 31.7 Å². The molecule has 0 saturated heterocycles. The van der Waals surface area contributed by atoms with E-state index in [0.717, 1.165) is 23.3 Å². The maximum absolute atomic E-state index is 16.6. The van der Waals surface area contributed by atoms with Crippen LogP contribution in [0.3, 0.4) is 0 Å². The molecule has 0 saturated carbocycles. The summed E-state index contributed by atoms with van der Waals surface area (Å²) in [6.45, 7) is 5.86. The van der Waals surface area contributed by atoms with Gasteiger partial charge in [-0.2, -0.15) is 31.4 Å². The average molecular weight is 986 g/mol. The van der Waals surface area contributed by atoms with E-state index >= 15 is 8.78 Å². The third-order valence-corrected chi connectivity index (χ3v) is 12.4. The number of nitrogens with zero attached hydrogens (tertiary/aromatic N) is 3. The molecule has 0 radical (unpaired) electrons. The molecule has 0 fully saturated rings. The number of rotatable bonds is 14. The summed E-state index contributed by atoms with van der Waals surface area (Å²) in [5.41, 5.74) is -1.75. The van der Waals surface area contributed by atoms with Crippen molar-refractivity contribution in [2.24, 2.45) is 0 Å². The van der Waals surface area contributed by atoms with E-state index in [-0.39, 0.29) is 42.8 Å². The number of aromatic nitrogens is 2. The number of aryl methyl sites for hydroxylation is 2. The summed E-state index contributed by atoms with van der Waals surface area (Å²) in [6, 6.07) is 21.2. The van der Waals surface area contributed by atoms with E-state index in [1.807, 2.05) is 37.4 Å². The first-order valence-electron chi connectivity index (χ1n) is 21.3. The highest BCUT2D eigenvalue weighted by Gasteiger charge is 2.45. The Labute approximate surface area is 390 Å². The second kappa shape index (κ2) is 19.8. The normalized spacial score (nSPS) is 14.5. The lowest BCUT2D eigenvalue weighted by atomic mass is 9.97. The number of imide groups is 1. The first-order chi connectivity index (χ1) is 32.5. The molecule has 1 atom stereocenters. The molecular weight excluding hydrogens is 942 g/mol. The molecule has 6 aromatic rings. The molecule has 364 valence electrons. The Kier molecular flexibility index (Phi) is 14.4. The zero-order valence-corrected chi connectivity index (χ0v) is 38.2. The highest BCUT2D eigenvalue weighted by atomic mass is 31.2. The number of amides is 3. The third kappa shape index (κ3) is 11.3. The van der Waals surface area contributed by atoms with Crippen LogP contribution in [0.2, 0.25) is 0 Å². The van der Waals surface area contributed by atoms with Gasteiger partial charge in [0.25, 0.3) is 0 Å². The Bertz CT molecular complexity index is 2900. The third-order valence-electron chi connectivity index (χ3n) is 11.5. The number of hydrogen-bond donors (Lipinski definition) is 3. The number of ether oxygens (including phenoxy) is 1. The quantitative estimate of drug-likeness (QED) is 0.0717. The lowest BCUT2D eigenvalue weighted by molar-refractivity contribution is -0.143. The van der Waals surface area contributed by atoms with Gasteiger partial charge in [0.2, 0.25) is 0 Å². The number of phosphoric acid groups is 1. The van der Waals surface area contributed by atoms with Crippen LogP contribution in [0.5, 0.6) is 5.75 Å². The van der Waals surface area contributed by atoms with Crippen LogP contribution in [0.4, 0.5) is 50.4 Å². The molecule has 0 spiro atoms. The highest BCUT2D eigenvalue weighted by Crippen LogP contribution is 2.48.